The maximum absolute atomic E-state index is 12.6. The summed E-state index contributed by atoms with van der Waals surface area (Å²) in [5, 5.41) is 4.10. The molecule has 1 aliphatic rings. The van der Waals surface area contributed by atoms with Crippen LogP contribution in [0.3, 0.4) is 0 Å². The SMILES string of the molecule is CC1CN(C(=O)Cn2cnc3c(oc4ccccc43)c2=O)CCN1.Cl. The number of benzene rings is 1. The van der Waals surface area contributed by atoms with Gasteiger partial charge in [-0.05, 0) is 19.1 Å². The Morgan fingerprint density at radius 2 is 2.20 bits per heavy atom. The van der Waals surface area contributed by atoms with Gasteiger partial charge in [0, 0.05) is 31.1 Å². The summed E-state index contributed by atoms with van der Waals surface area (Å²) < 4.78 is 6.96. The minimum absolute atomic E-state index is 0. The summed E-state index contributed by atoms with van der Waals surface area (Å²) in [6.07, 6.45) is 1.43. The van der Waals surface area contributed by atoms with Gasteiger partial charge in [0.25, 0.3) is 5.56 Å². The molecular weight excluding hydrogens is 344 g/mol. The Morgan fingerprint density at radius 1 is 1.40 bits per heavy atom. The number of rotatable bonds is 2. The molecule has 1 unspecified atom stereocenters. The lowest BCUT2D eigenvalue weighted by atomic mass is 10.2. The highest BCUT2D eigenvalue weighted by Gasteiger charge is 2.22. The molecule has 1 atom stereocenters. The van der Waals surface area contributed by atoms with Crippen molar-refractivity contribution >= 4 is 40.4 Å². The van der Waals surface area contributed by atoms with Gasteiger partial charge in [0.05, 0.1) is 6.33 Å². The smallest absolute Gasteiger partial charge is 0.297 e. The normalized spacial score (nSPS) is 17.6. The van der Waals surface area contributed by atoms with Crippen LogP contribution in [0.1, 0.15) is 6.92 Å². The molecule has 3 aromatic rings. The van der Waals surface area contributed by atoms with Crippen molar-refractivity contribution < 1.29 is 9.21 Å². The van der Waals surface area contributed by atoms with E-state index in [0.29, 0.717) is 24.2 Å². The Hall–Kier alpha value is -2.38. The fourth-order valence-corrected chi connectivity index (χ4v) is 3.13. The first-order valence-electron chi connectivity index (χ1n) is 8.01. The minimum atomic E-state index is -0.326. The predicted molar refractivity (Wildman–Crippen MR) is 97.1 cm³/mol. The van der Waals surface area contributed by atoms with E-state index in [0.717, 1.165) is 11.9 Å². The lowest BCUT2D eigenvalue weighted by Gasteiger charge is -2.32. The van der Waals surface area contributed by atoms with E-state index in [1.807, 2.05) is 25.1 Å². The zero-order valence-corrected chi connectivity index (χ0v) is 14.6. The number of nitrogens with one attached hydrogen (secondary N) is 1. The molecule has 0 saturated carbocycles. The van der Waals surface area contributed by atoms with Crippen molar-refractivity contribution in [1.82, 2.24) is 19.8 Å². The fraction of sp³-hybridized carbons (Fsp3) is 0.353. The van der Waals surface area contributed by atoms with E-state index in [4.69, 9.17) is 4.42 Å². The molecule has 1 aliphatic heterocycles. The van der Waals surface area contributed by atoms with Gasteiger partial charge in [-0.1, -0.05) is 12.1 Å². The lowest BCUT2D eigenvalue weighted by Crippen LogP contribution is -2.52. The Bertz CT molecular complexity index is 981. The molecule has 2 aromatic heterocycles. The van der Waals surface area contributed by atoms with Crippen LogP contribution < -0.4 is 10.9 Å². The number of carbonyl (C=O) groups is 1. The second kappa shape index (κ2) is 6.85. The monoisotopic (exact) mass is 362 g/mol. The average Bonchev–Trinajstić information content (AvgIpc) is 2.97. The van der Waals surface area contributed by atoms with Gasteiger partial charge in [0.2, 0.25) is 11.5 Å². The van der Waals surface area contributed by atoms with Crippen molar-refractivity contribution in [2.24, 2.45) is 0 Å². The summed E-state index contributed by atoms with van der Waals surface area (Å²) in [6, 6.07) is 7.65. The highest BCUT2D eigenvalue weighted by Crippen LogP contribution is 2.23. The number of nitrogens with zero attached hydrogens (tertiary/aromatic N) is 3. The number of furan rings is 1. The molecule has 3 heterocycles. The molecule has 25 heavy (non-hydrogen) atoms. The predicted octanol–water partition coefficient (Wildman–Crippen LogP) is 1.38. The van der Waals surface area contributed by atoms with Gasteiger partial charge in [-0.3, -0.25) is 14.2 Å². The molecule has 1 fully saturated rings. The standard InChI is InChI=1S/C17H18N4O3.ClH/c1-11-8-20(7-6-18-11)14(22)9-21-10-19-15-12-4-2-3-5-13(12)24-16(15)17(21)23;/h2-5,10-11,18H,6-9H2,1H3;1H. The van der Waals surface area contributed by atoms with Crippen LogP contribution in [0.25, 0.3) is 22.1 Å². The Kier molecular flexibility index (Phi) is 4.78. The highest BCUT2D eigenvalue weighted by molar-refractivity contribution is 6.01. The van der Waals surface area contributed by atoms with Gasteiger partial charge in [-0.25, -0.2) is 4.98 Å². The van der Waals surface area contributed by atoms with Gasteiger partial charge in [-0.2, -0.15) is 0 Å². The summed E-state index contributed by atoms with van der Waals surface area (Å²) in [5.41, 5.74) is 1.03. The van der Waals surface area contributed by atoms with E-state index >= 15 is 0 Å². The number of hydrogen-bond donors (Lipinski definition) is 1. The van der Waals surface area contributed by atoms with Crippen molar-refractivity contribution in [3.63, 3.8) is 0 Å². The molecule has 0 aliphatic carbocycles. The Balaban J connectivity index is 0.00000182. The first-order chi connectivity index (χ1) is 11.6. The largest absolute Gasteiger partial charge is 0.448 e. The third-order valence-electron chi connectivity index (χ3n) is 4.38. The van der Waals surface area contributed by atoms with E-state index in [1.165, 1.54) is 10.9 Å². The summed E-state index contributed by atoms with van der Waals surface area (Å²) in [4.78, 5) is 31.2. The van der Waals surface area contributed by atoms with Crippen LogP contribution in [0.5, 0.6) is 0 Å². The van der Waals surface area contributed by atoms with Gasteiger partial charge in [0.15, 0.2) is 0 Å². The first-order valence-corrected chi connectivity index (χ1v) is 8.01. The molecule has 1 saturated heterocycles. The summed E-state index contributed by atoms with van der Waals surface area (Å²) in [5.74, 6) is -0.0808. The van der Waals surface area contributed by atoms with Crippen molar-refractivity contribution in [3.05, 3.63) is 40.9 Å². The van der Waals surface area contributed by atoms with E-state index in [1.54, 1.807) is 11.0 Å². The molecule has 1 amide bonds. The molecule has 4 rings (SSSR count). The number of para-hydroxylation sites is 1. The average molecular weight is 363 g/mol. The van der Waals surface area contributed by atoms with Gasteiger partial charge >= 0.3 is 0 Å². The topological polar surface area (TPSA) is 80.4 Å². The summed E-state index contributed by atoms with van der Waals surface area (Å²) in [7, 11) is 0. The van der Waals surface area contributed by atoms with Crippen molar-refractivity contribution in [3.8, 4) is 0 Å². The third kappa shape index (κ3) is 3.12. The van der Waals surface area contributed by atoms with E-state index in [2.05, 4.69) is 10.3 Å². The third-order valence-corrected chi connectivity index (χ3v) is 4.38. The number of piperazine rings is 1. The van der Waals surface area contributed by atoms with Crippen molar-refractivity contribution in [2.75, 3.05) is 19.6 Å². The fourth-order valence-electron chi connectivity index (χ4n) is 3.13. The Labute approximate surface area is 150 Å². The maximum atomic E-state index is 12.6. The van der Waals surface area contributed by atoms with Gasteiger partial charge in [-0.15, -0.1) is 12.4 Å². The van der Waals surface area contributed by atoms with Crippen LogP contribution in [0.2, 0.25) is 0 Å². The van der Waals surface area contributed by atoms with Crippen LogP contribution in [0.4, 0.5) is 0 Å². The molecule has 8 heteroatoms. The number of amides is 1. The second-order valence-electron chi connectivity index (χ2n) is 6.15. The van der Waals surface area contributed by atoms with Crippen LogP contribution in [-0.4, -0.2) is 46.0 Å². The maximum Gasteiger partial charge on any atom is 0.297 e. The molecule has 1 aromatic carbocycles. The van der Waals surface area contributed by atoms with Gasteiger partial charge < -0.3 is 14.6 Å². The zero-order valence-electron chi connectivity index (χ0n) is 13.8. The molecule has 0 bridgehead atoms. The van der Waals surface area contributed by atoms with Crippen LogP contribution >= 0.6 is 12.4 Å². The highest BCUT2D eigenvalue weighted by atomic mass is 35.5. The van der Waals surface area contributed by atoms with Crippen LogP contribution in [0.15, 0.2) is 39.8 Å². The molecule has 0 radical (unpaired) electrons. The number of halogens is 1. The van der Waals surface area contributed by atoms with E-state index in [9.17, 15) is 9.59 Å². The minimum Gasteiger partial charge on any atom is -0.448 e. The van der Waals surface area contributed by atoms with Crippen molar-refractivity contribution in [2.45, 2.75) is 19.5 Å². The quantitative estimate of drug-likeness (QED) is 0.745. The lowest BCUT2D eigenvalue weighted by molar-refractivity contribution is -0.133. The van der Waals surface area contributed by atoms with E-state index < -0.39 is 0 Å². The second-order valence-corrected chi connectivity index (χ2v) is 6.15. The molecule has 132 valence electrons. The van der Waals surface area contributed by atoms with Gasteiger partial charge in [0.1, 0.15) is 17.6 Å². The first kappa shape index (κ1) is 17.4. The summed E-state index contributed by atoms with van der Waals surface area (Å²) in [6.45, 7) is 4.08. The molecule has 1 N–H and O–H groups in total. The van der Waals surface area contributed by atoms with Crippen LogP contribution in [-0.2, 0) is 11.3 Å². The molecule has 7 nitrogen and oxygen atoms in total. The zero-order chi connectivity index (χ0) is 16.7. The number of hydrogen-bond acceptors (Lipinski definition) is 5. The number of fused-ring (bicyclic) bond motifs is 3. The Morgan fingerprint density at radius 3 is 3.00 bits per heavy atom. The van der Waals surface area contributed by atoms with Crippen LogP contribution in [0, 0.1) is 0 Å². The molecular formula is C17H19ClN4O3. The molecule has 0 spiro atoms. The number of aromatic nitrogens is 2. The number of carbonyl (C=O) groups excluding carboxylic acids is 1. The van der Waals surface area contributed by atoms with E-state index in [-0.39, 0.29) is 42.0 Å². The van der Waals surface area contributed by atoms with Crippen molar-refractivity contribution in [1.29, 1.82) is 0 Å². The summed E-state index contributed by atoms with van der Waals surface area (Å²) >= 11 is 0.